The SMILES string of the molecule is C.C=CC=CO. The number of rotatable bonds is 1. The molecule has 6 heavy (non-hydrogen) atoms. The molecule has 0 fully saturated rings. The van der Waals surface area contributed by atoms with Crippen LogP contribution in [0.2, 0.25) is 0 Å². The number of aliphatic hydroxyl groups is 1. The maximum Gasteiger partial charge on any atom is 0.0791 e. The molecule has 0 aromatic rings. The summed E-state index contributed by atoms with van der Waals surface area (Å²) in [6.45, 7) is 3.30. The molecule has 0 heterocycles. The second-order valence-electron chi connectivity index (χ2n) is 0.577. The number of hydrogen-bond acceptors (Lipinski definition) is 1. The van der Waals surface area contributed by atoms with Crippen molar-refractivity contribution in [2.45, 2.75) is 7.43 Å². The van der Waals surface area contributed by atoms with Crippen LogP contribution in [0.1, 0.15) is 7.43 Å². The summed E-state index contributed by atoms with van der Waals surface area (Å²) in [5.41, 5.74) is 0. The van der Waals surface area contributed by atoms with Crippen molar-refractivity contribution >= 4 is 0 Å². The van der Waals surface area contributed by atoms with Crippen molar-refractivity contribution in [3.63, 3.8) is 0 Å². The third-order valence-electron chi connectivity index (χ3n) is 0.222. The van der Waals surface area contributed by atoms with Gasteiger partial charge in [0.2, 0.25) is 0 Å². The van der Waals surface area contributed by atoms with Gasteiger partial charge in [0, 0.05) is 0 Å². The van der Waals surface area contributed by atoms with Crippen LogP contribution in [-0.4, -0.2) is 5.11 Å². The summed E-state index contributed by atoms with van der Waals surface area (Å²) in [6.07, 6.45) is 3.88. The van der Waals surface area contributed by atoms with Crippen LogP contribution in [0.3, 0.4) is 0 Å². The number of allylic oxidation sites excluding steroid dienone is 2. The van der Waals surface area contributed by atoms with Gasteiger partial charge in [-0.1, -0.05) is 20.1 Å². The Bertz CT molecular complexity index is 45.9. The Hall–Kier alpha value is -0.720. The van der Waals surface area contributed by atoms with Gasteiger partial charge in [-0.2, -0.15) is 0 Å². The summed E-state index contributed by atoms with van der Waals surface area (Å²) in [5, 5.41) is 7.81. The molecule has 0 rings (SSSR count). The fourth-order valence-corrected chi connectivity index (χ4v) is 0.0609. The summed E-state index contributed by atoms with van der Waals surface area (Å²) >= 11 is 0. The fraction of sp³-hybridized carbons (Fsp3) is 0.200. The van der Waals surface area contributed by atoms with E-state index in [2.05, 4.69) is 6.58 Å². The Morgan fingerprint density at radius 3 is 2.00 bits per heavy atom. The molecular formula is C5H10O. The van der Waals surface area contributed by atoms with E-state index in [9.17, 15) is 0 Å². The van der Waals surface area contributed by atoms with Gasteiger partial charge < -0.3 is 5.11 Å². The monoisotopic (exact) mass is 86.1 g/mol. The second-order valence-corrected chi connectivity index (χ2v) is 0.577. The van der Waals surface area contributed by atoms with Crippen LogP contribution in [0.4, 0.5) is 0 Å². The minimum atomic E-state index is 0. The molecule has 0 aliphatic carbocycles. The molecule has 0 unspecified atom stereocenters. The quantitative estimate of drug-likeness (QED) is 0.381. The smallest absolute Gasteiger partial charge is 0.0791 e. The minimum Gasteiger partial charge on any atom is -0.516 e. The first-order valence-electron chi connectivity index (χ1n) is 1.33. The predicted octanol–water partition coefficient (Wildman–Crippen LogP) is 1.88. The molecule has 0 radical (unpaired) electrons. The van der Waals surface area contributed by atoms with Crippen molar-refractivity contribution in [2.75, 3.05) is 0 Å². The van der Waals surface area contributed by atoms with Gasteiger partial charge in [-0.3, -0.25) is 0 Å². The van der Waals surface area contributed by atoms with Crippen LogP contribution >= 0.6 is 0 Å². The van der Waals surface area contributed by atoms with Crippen LogP contribution in [0.25, 0.3) is 0 Å². The lowest BCUT2D eigenvalue weighted by molar-refractivity contribution is 0.474. The van der Waals surface area contributed by atoms with E-state index >= 15 is 0 Å². The van der Waals surface area contributed by atoms with Gasteiger partial charge in [0.05, 0.1) is 6.26 Å². The third kappa shape index (κ3) is 10.4. The summed E-state index contributed by atoms with van der Waals surface area (Å²) in [4.78, 5) is 0. The van der Waals surface area contributed by atoms with Crippen molar-refractivity contribution in [1.29, 1.82) is 0 Å². The lowest BCUT2D eigenvalue weighted by Gasteiger charge is -1.58. The molecule has 0 saturated carbocycles. The summed E-state index contributed by atoms with van der Waals surface area (Å²) in [5.74, 6) is 0. The normalized spacial score (nSPS) is 7.33. The maximum atomic E-state index is 7.81. The first-order chi connectivity index (χ1) is 2.41. The van der Waals surface area contributed by atoms with Gasteiger partial charge in [0.25, 0.3) is 0 Å². The minimum absolute atomic E-state index is 0. The van der Waals surface area contributed by atoms with E-state index in [0.717, 1.165) is 6.26 Å². The van der Waals surface area contributed by atoms with E-state index in [1.54, 1.807) is 0 Å². The first-order valence-corrected chi connectivity index (χ1v) is 1.33. The zero-order valence-corrected chi connectivity index (χ0v) is 2.89. The molecule has 0 aliphatic heterocycles. The highest BCUT2D eigenvalue weighted by Gasteiger charge is 1.43. The van der Waals surface area contributed by atoms with E-state index in [0.29, 0.717) is 0 Å². The Morgan fingerprint density at radius 2 is 2.00 bits per heavy atom. The molecule has 1 heteroatoms. The number of aliphatic hydroxyl groups excluding tert-OH is 1. The van der Waals surface area contributed by atoms with Gasteiger partial charge in [-0.25, -0.2) is 0 Å². The molecule has 0 atom stereocenters. The summed E-state index contributed by atoms with van der Waals surface area (Å²) in [6, 6.07) is 0. The second kappa shape index (κ2) is 8.86. The Kier molecular flexibility index (Phi) is 13.3. The van der Waals surface area contributed by atoms with E-state index in [1.807, 2.05) is 0 Å². The Balaban J connectivity index is 0. The topological polar surface area (TPSA) is 20.2 Å². The van der Waals surface area contributed by atoms with Gasteiger partial charge in [-0.05, 0) is 6.08 Å². The van der Waals surface area contributed by atoms with Crippen LogP contribution < -0.4 is 0 Å². The van der Waals surface area contributed by atoms with Crippen molar-refractivity contribution in [3.05, 3.63) is 25.0 Å². The van der Waals surface area contributed by atoms with Gasteiger partial charge in [0.1, 0.15) is 0 Å². The van der Waals surface area contributed by atoms with E-state index in [4.69, 9.17) is 5.11 Å². The van der Waals surface area contributed by atoms with Gasteiger partial charge in [-0.15, -0.1) is 0 Å². The Labute approximate surface area is 38.6 Å². The summed E-state index contributed by atoms with van der Waals surface area (Å²) in [7, 11) is 0. The molecule has 0 aliphatic rings. The average Bonchev–Trinajstić information content (AvgIpc) is 1.41. The van der Waals surface area contributed by atoms with Crippen molar-refractivity contribution in [2.24, 2.45) is 0 Å². The van der Waals surface area contributed by atoms with E-state index < -0.39 is 0 Å². The standard InChI is InChI=1S/C4H6O.CH4/c1-2-3-4-5;/h2-5H,1H2;1H4. The van der Waals surface area contributed by atoms with Crippen LogP contribution in [0.5, 0.6) is 0 Å². The van der Waals surface area contributed by atoms with E-state index in [-0.39, 0.29) is 7.43 Å². The molecule has 0 aromatic carbocycles. The molecule has 0 aromatic heterocycles. The molecule has 1 N–H and O–H groups in total. The molecular weight excluding hydrogens is 76.1 g/mol. The fourth-order valence-electron chi connectivity index (χ4n) is 0.0609. The van der Waals surface area contributed by atoms with Gasteiger partial charge >= 0.3 is 0 Å². The molecule has 0 spiro atoms. The van der Waals surface area contributed by atoms with E-state index in [1.165, 1.54) is 12.2 Å². The Morgan fingerprint density at radius 1 is 1.50 bits per heavy atom. The largest absolute Gasteiger partial charge is 0.516 e. The van der Waals surface area contributed by atoms with Gasteiger partial charge in [0.15, 0.2) is 0 Å². The molecule has 0 saturated heterocycles. The lowest BCUT2D eigenvalue weighted by Crippen LogP contribution is -1.40. The average molecular weight is 86.1 g/mol. The highest BCUT2D eigenvalue weighted by atomic mass is 16.2. The van der Waals surface area contributed by atoms with Crippen LogP contribution in [-0.2, 0) is 0 Å². The van der Waals surface area contributed by atoms with Crippen molar-refractivity contribution in [1.82, 2.24) is 0 Å². The molecule has 0 amide bonds. The molecule has 0 bridgehead atoms. The number of hydrogen-bond donors (Lipinski definition) is 1. The maximum absolute atomic E-state index is 7.81. The highest BCUT2D eigenvalue weighted by molar-refractivity contribution is 4.91. The van der Waals surface area contributed by atoms with Crippen molar-refractivity contribution in [3.8, 4) is 0 Å². The van der Waals surface area contributed by atoms with Crippen LogP contribution in [0.15, 0.2) is 25.0 Å². The van der Waals surface area contributed by atoms with Crippen LogP contribution in [0, 0.1) is 0 Å². The summed E-state index contributed by atoms with van der Waals surface area (Å²) < 4.78 is 0. The zero-order chi connectivity index (χ0) is 4.12. The molecule has 1 nitrogen and oxygen atoms in total. The van der Waals surface area contributed by atoms with Crippen molar-refractivity contribution < 1.29 is 5.11 Å². The predicted molar refractivity (Wildman–Crippen MR) is 28.7 cm³/mol. The highest BCUT2D eigenvalue weighted by Crippen LogP contribution is 1.61. The zero-order valence-electron chi connectivity index (χ0n) is 2.89. The molecule has 36 valence electrons. The lowest BCUT2D eigenvalue weighted by atomic mass is 10.6. The first kappa shape index (κ1) is 8.99. The third-order valence-corrected chi connectivity index (χ3v) is 0.222.